The molecule has 0 aliphatic rings. The number of aromatic nitrogens is 4. The quantitative estimate of drug-likeness (QED) is 0.832. The zero-order valence-corrected chi connectivity index (χ0v) is 11.2. The molecular weight excluding hydrogens is 246 g/mol. The van der Waals surface area contributed by atoms with Gasteiger partial charge in [0.25, 0.3) is 0 Å². The second-order valence-corrected chi connectivity index (χ2v) is 4.33. The molecule has 0 saturated heterocycles. The highest BCUT2D eigenvalue weighted by Crippen LogP contribution is 2.21. The molecule has 7 nitrogen and oxygen atoms in total. The minimum atomic E-state index is -0.523. The minimum absolute atomic E-state index is 0.0332. The normalized spacial score (nSPS) is 12.4. The van der Waals surface area contributed by atoms with Crippen LogP contribution in [0.3, 0.4) is 0 Å². The molecule has 102 valence electrons. The van der Waals surface area contributed by atoms with Crippen LogP contribution in [0.15, 0.2) is 18.5 Å². The van der Waals surface area contributed by atoms with Crippen molar-refractivity contribution in [1.82, 2.24) is 19.3 Å². The number of nitrogen functional groups attached to an aromatic ring is 1. The fourth-order valence-corrected chi connectivity index (χ4v) is 2.13. The van der Waals surface area contributed by atoms with Gasteiger partial charge >= 0.3 is 5.97 Å². The van der Waals surface area contributed by atoms with Gasteiger partial charge in [-0.3, -0.25) is 4.68 Å². The first-order chi connectivity index (χ1) is 9.04. The second-order valence-electron chi connectivity index (χ2n) is 4.33. The number of nitrogens with zero attached hydrogens (tertiary/aromatic N) is 4. The summed E-state index contributed by atoms with van der Waals surface area (Å²) in [6.45, 7) is 4.45. The maximum Gasteiger partial charge on any atom is 0.360 e. The largest absolute Gasteiger partial charge is 0.464 e. The van der Waals surface area contributed by atoms with Crippen molar-refractivity contribution in [3.05, 3.63) is 30.0 Å². The highest BCUT2D eigenvalue weighted by Gasteiger charge is 2.22. The van der Waals surface area contributed by atoms with E-state index >= 15 is 0 Å². The fraction of sp³-hybridized carbons (Fsp3) is 0.417. The zero-order chi connectivity index (χ0) is 14.0. The van der Waals surface area contributed by atoms with E-state index in [4.69, 9.17) is 5.73 Å². The zero-order valence-electron chi connectivity index (χ0n) is 11.2. The van der Waals surface area contributed by atoms with Crippen molar-refractivity contribution < 1.29 is 9.53 Å². The molecule has 0 aromatic carbocycles. The molecule has 2 heterocycles. The summed E-state index contributed by atoms with van der Waals surface area (Å²) in [7, 11) is 1.31. The van der Waals surface area contributed by atoms with Crippen LogP contribution in [-0.4, -0.2) is 32.4 Å². The van der Waals surface area contributed by atoms with E-state index < -0.39 is 5.97 Å². The van der Waals surface area contributed by atoms with Crippen molar-refractivity contribution in [3.8, 4) is 0 Å². The molecule has 0 aliphatic carbocycles. The maximum atomic E-state index is 11.5. The average molecular weight is 263 g/mol. The number of hydrogen-bond donors (Lipinski definition) is 1. The van der Waals surface area contributed by atoms with Crippen molar-refractivity contribution in [3.63, 3.8) is 0 Å². The summed E-state index contributed by atoms with van der Waals surface area (Å²) in [6.07, 6.45) is 3.59. The van der Waals surface area contributed by atoms with Gasteiger partial charge < -0.3 is 15.0 Å². The third-order valence-corrected chi connectivity index (χ3v) is 2.95. The molecule has 0 amide bonds. The molecule has 0 saturated carbocycles. The average Bonchev–Trinajstić information content (AvgIpc) is 2.96. The van der Waals surface area contributed by atoms with E-state index in [9.17, 15) is 4.79 Å². The lowest BCUT2D eigenvalue weighted by molar-refractivity contribution is 0.0595. The molecule has 0 spiro atoms. The lowest BCUT2D eigenvalue weighted by Gasteiger charge is -2.16. The van der Waals surface area contributed by atoms with Crippen LogP contribution in [0.5, 0.6) is 0 Å². The van der Waals surface area contributed by atoms with Crippen molar-refractivity contribution in [2.45, 2.75) is 26.4 Å². The SMILES string of the molecule is COC(=O)c1nc(C)n(C(C)Cn2cccn2)c1N. The van der Waals surface area contributed by atoms with Gasteiger partial charge in [-0.1, -0.05) is 0 Å². The van der Waals surface area contributed by atoms with Gasteiger partial charge in [0.1, 0.15) is 11.6 Å². The number of carbonyl (C=O) groups excluding carboxylic acids is 1. The van der Waals surface area contributed by atoms with Gasteiger partial charge in [-0.25, -0.2) is 9.78 Å². The standard InChI is InChI=1S/C12H17N5O2/c1-8(7-16-6-4-5-14-16)17-9(2)15-10(11(17)13)12(18)19-3/h4-6,8H,7,13H2,1-3H3. The smallest absolute Gasteiger partial charge is 0.360 e. The summed E-state index contributed by atoms with van der Waals surface area (Å²) >= 11 is 0. The van der Waals surface area contributed by atoms with Crippen LogP contribution in [0.2, 0.25) is 0 Å². The Balaban J connectivity index is 2.29. The minimum Gasteiger partial charge on any atom is -0.464 e. The number of hydrogen-bond acceptors (Lipinski definition) is 5. The van der Waals surface area contributed by atoms with Crippen LogP contribution in [-0.2, 0) is 11.3 Å². The number of imidazole rings is 1. The fourth-order valence-electron chi connectivity index (χ4n) is 2.13. The summed E-state index contributed by atoms with van der Waals surface area (Å²) in [5.41, 5.74) is 6.14. The Morgan fingerprint density at radius 2 is 2.32 bits per heavy atom. The number of aryl methyl sites for hydroxylation is 1. The highest BCUT2D eigenvalue weighted by molar-refractivity contribution is 5.92. The molecule has 7 heteroatoms. The Morgan fingerprint density at radius 1 is 1.58 bits per heavy atom. The van der Waals surface area contributed by atoms with Crippen LogP contribution < -0.4 is 5.73 Å². The topological polar surface area (TPSA) is 88.0 Å². The van der Waals surface area contributed by atoms with Crippen molar-refractivity contribution >= 4 is 11.8 Å². The molecule has 0 aliphatic heterocycles. The van der Waals surface area contributed by atoms with Crippen LogP contribution in [0.25, 0.3) is 0 Å². The van der Waals surface area contributed by atoms with Crippen LogP contribution in [0.4, 0.5) is 5.82 Å². The Hall–Kier alpha value is -2.31. The van der Waals surface area contributed by atoms with Gasteiger partial charge in [-0.2, -0.15) is 5.10 Å². The molecule has 2 N–H and O–H groups in total. The first-order valence-corrected chi connectivity index (χ1v) is 5.94. The van der Waals surface area contributed by atoms with E-state index in [1.165, 1.54) is 7.11 Å². The lowest BCUT2D eigenvalue weighted by atomic mass is 10.3. The molecule has 1 atom stereocenters. The second kappa shape index (κ2) is 5.13. The molecule has 19 heavy (non-hydrogen) atoms. The Bertz CT molecular complexity index is 573. The number of ether oxygens (including phenoxy) is 1. The number of anilines is 1. The van der Waals surface area contributed by atoms with E-state index in [2.05, 4.69) is 14.8 Å². The molecule has 1 unspecified atom stereocenters. The molecule has 2 aromatic rings. The summed E-state index contributed by atoms with van der Waals surface area (Å²) in [4.78, 5) is 15.7. The first kappa shape index (κ1) is 13.1. The van der Waals surface area contributed by atoms with Crippen molar-refractivity contribution in [1.29, 1.82) is 0 Å². The predicted octanol–water partition coefficient (Wildman–Crippen LogP) is 1.02. The Kier molecular flexibility index (Phi) is 3.55. The van der Waals surface area contributed by atoms with E-state index in [-0.39, 0.29) is 11.7 Å². The Morgan fingerprint density at radius 3 is 2.89 bits per heavy atom. The molecule has 0 bridgehead atoms. The molecule has 2 rings (SSSR count). The summed E-state index contributed by atoms with van der Waals surface area (Å²) < 4.78 is 8.28. The van der Waals surface area contributed by atoms with Gasteiger partial charge in [0.05, 0.1) is 19.7 Å². The predicted molar refractivity (Wildman–Crippen MR) is 69.7 cm³/mol. The number of esters is 1. The lowest BCUT2D eigenvalue weighted by Crippen LogP contribution is -2.17. The first-order valence-electron chi connectivity index (χ1n) is 5.94. The van der Waals surface area contributed by atoms with Gasteiger partial charge in [0.2, 0.25) is 0 Å². The Labute approximate surface area is 111 Å². The third-order valence-electron chi connectivity index (χ3n) is 2.95. The van der Waals surface area contributed by atoms with Gasteiger partial charge in [0, 0.05) is 12.4 Å². The molecule has 0 fully saturated rings. The van der Waals surface area contributed by atoms with Gasteiger partial charge in [0.15, 0.2) is 5.69 Å². The monoisotopic (exact) mass is 263 g/mol. The number of nitrogens with two attached hydrogens (primary N) is 1. The van der Waals surface area contributed by atoms with E-state index in [1.54, 1.807) is 10.9 Å². The maximum absolute atomic E-state index is 11.5. The summed E-state index contributed by atoms with van der Waals surface area (Å²) in [5.74, 6) is 0.479. The summed E-state index contributed by atoms with van der Waals surface area (Å²) in [6, 6.07) is 1.89. The highest BCUT2D eigenvalue weighted by atomic mass is 16.5. The van der Waals surface area contributed by atoms with Crippen molar-refractivity contribution in [2.24, 2.45) is 0 Å². The number of rotatable bonds is 4. The third kappa shape index (κ3) is 2.44. The van der Waals surface area contributed by atoms with Gasteiger partial charge in [-0.15, -0.1) is 0 Å². The van der Waals surface area contributed by atoms with E-state index in [0.717, 1.165) is 0 Å². The van der Waals surface area contributed by atoms with E-state index in [0.29, 0.717) is 18.2 Å². The number of methoxy groups -OCH3 is 1. The molecular formula is C12H17N5O2. The number of carbonyl (C=O) groups is 1. The van der Waals surface area contributed by atoms with E-state index in [1.807, 2.05) is 30.7 Å². The molecule has 2 aromatic heterocycles. The molecule has 0 radical (unpaired) electrons. The van der Waals surface area contributed by atoms with Crippen molar-refractivity contribution in [2.75, 3.05) is 12.8 Å². The van der Waals surface area contributed by atoms with Gasteiger partial charge in [-0.05, 0) is 19.9 Å². The van der Waals surface area contributed by atoms with Crippen LogP contribution in [0.1, 0.15) is 29.3 Å². The van der Waals surface area contributed by atoms with Crippen LogP contribution in [0, 0.1) is 6.92 Å². The van der Waals surface area contributed by atoms with Crippen LogP contribution >= 0.6 is 0 Å². The summed E-state index contributed by atoms with van der Waals surface area (Å²) in [5, 5.41) is 4.15.